The summed E-state index contributed by atoms with van der Waals surface area (Å²) >= 11 is 5.19. The zero-order valence-corrected chi connectivity index (χ0v) is 12.9. The molecule has 0 spiro atoms. The van der Waals surface area contributed by atoms with Crippen molar-refractivity contribution in [2.75, 3.05) is 0 Å². The molecule has 98 valence electrons. The first kappa shape index (κ1) is 12.0. The van der Waals surface area contributed by atoms with Crippen LogP contribution < -0.4 is 0 Å². The summed E-state index contributed by atoms with van der Waals surface area (Å²) in [5.74, 6) is 0. The van der Waals surface area contributed by atoms with E-state index in [1.807, 2.05) is 43.5 Å². The molecule has 0 aliphatic rings. The standard InChI is InChI=1S/C14H9BrN4S/c1-8-5-6-12-16-11(7-19(12)18-8)14-17-10-4-2-3-9(15)13(10)20-14/h2-7H,1H3. The molecule has 20 heavy (non-hydrogen) atoms. The van der Waals surface area contributed by atoms with Crippen LogP contribution in [0.1, 0.15) is 5.69 Å². The van der Waals surface area contributed by atoms with Crippen LogP contribution in [0.2, 0.25) is 0 Å². The summed E-state index contributed by atoms with van der Waals surface area (Å²) in [6.07, 6.45) is 1.92. The van der Waals surface area contributed by atoms with E-state index in [1.54, 1.807) is 15.9 Å². The monoisotopic (exact) mass is 344 g/mol. The number of aromatic nitrogens is 4. The van der Waals surface area contributed by atoms with E-state index in [1.165, 1.54) is 0 Å². The molecule has 4 rings (SSSR count). The first-order valence-electron chi connectivity index (χ1n) is 6.09. The van der Waals surface area contributed by atoms with E-state index < -0.39 is 0 Å². The SMILES string of the molecule is Cc1ccc2nc(-c3nc4cccc(Br)c4s3)cn2n1. The van der Waals surface area contributed by atoms with E-state index in [2.05, 4.69) is 31.0 Å². The predicted molar refractivity (Wildman–Crippen MR) is 84.0 cm³/mol. The number of fused-ring (bicyclic) bond motifs is 2. The fourth-order valence-corrected chi connectivity index (χ4v) is 3.63. The molecule has 0 unspecified atom stereocenters. The van der Waals surface area contributed by atoms with Gasteiger partial charge in [-0.3, -0.25) is 0 Å². The van der Waals surface area contributed by atoms with Crippen molar-refractivity contribution in [3.05, 3.63) is 46.7 Å². The van der Waals surface area contributed by atoms with Gasteiger partial charge in [0.15, 0.2) is 5.65 Å². The van der Waals surface area contributed by atoms with Gasteiger partial charge in [0, 0.05) is 4.47 Å². The third kappa shape index (κ3) is 1.83. The van der Waals surface area contributed by atoms with Gasteiger partial charge in [-0.2, -0.15) is 5.10 Å². The molecule has 3 heterocycles. The maximum absolute atomic E-state index is 4.65. The molecule has 0 amide bonds. The summed E-state index contributed by atoms with van der Waals surface area (Å²) in [4.78, 5) is 9.23. The Morgan fingerprint density at radius 1 is 1.15 bits per heavy atom. The second kappa shape index (κ2) is 4.36. The topological polar surface area (TPSA) is 43.1 Å². The Bertz CT molecular complexity index is 941. The highest BCUT2D eigenvalue weighted by Crippen LogP contribution is 2.34. The van der Waals surface area contributed by atoms with Gasteiger partial charge < -0.3 is 0 Å². The maximum atomic E-state index is 4.65. The molecule has 0 saturated heterocycles. The molecule has 0 saturated carbocycles. The first-order chi connectivity index (χ1) is 9.70. The number of benzene rings is 1. The number of halogens is 1. The molecule has 3 aromatic heterocycles. The van der Waals surface area contributed by atoms with Gasteiger partial charge in [-0.15, -0.1) is 11.3 Å². The van der Waals surface area contributed by atoms with E-state index in [0.717, 1.165) is 36.7 Å². The Hall–Kier alpha value is -1.79. The summed E-state index contributed by atoms with van der Waals surface area (Å²) in [6.45, 7) is 1.97. The van der Waals surface area contributed by atoms with E-state index >= 15 is 0 Å². The van der Waals surface area contributed by atoms with Gasteiger partial charge in [0.25, 0.3) is 0 Å². The van der Waals surface area contributed by atoms with Gasteiger partial charge in [-0.25, -0.2) is 14.5 Å². The number of thiazole rings is 1. The Kier molecular flexibility index (Phi) is 2.61. The summed E-state index contributed by atoms with van der Waals surface area (Å²) < 4.78 is 4.01. The average Bonchev–Trinajstić information content (AvgIpc) is 3.01. The molecular formula is C14H9BrN4S. The minimum atomic E-state index is 0.837. The number of imidazole rings is 1. The Morgan fingerprint density at radius 2 is 2.05 bits per heavy atom. The molecule has 6 heteroatoms. The predicted octanol–water partition coefficient (Wildman–Crippen LogP) is 4.08. The van der Waals surface area contributed by atoms with Crippen molar-refractivity contribution < 1.29 is 0 Å². The quantitative estimate of drug-likeness (QED) is 0.522. The minimum Gasteiger partial charge on any atom is -0.234 e. The van der Waals surface area contributed by atoms with Crippen LogP contribution in [0.15, 0.2) is 41.0 Å². The summed E-state index contributed by atoms with van der Waals surface area (Å²) in [6, 6.07) is 9.96. The Labute approximate surface area is 127 Å². The maximum Gasteiger partial charge on any atom is 0.154 e. The van der Waals surface area contributed by atoms with Gasteiger partial charge >= 0.3 is 0 Å². The van der Waals surface area contributed by atoms with Crippen LogP contribution in [0.25, 0.3) is 26.6 Å². The number of rotatable bonds is 1. The van der Waals surface area contributed by atoms with E-state index in [4.69, 9.17) is 0 Å². The van der Waals surface area contributed by atoms with Gasteiger partial charge in [0.05, 0.1) is 22.1 Å². The molecule has 0 atom stereocenters. The van der Waals surface area contributed by atoms with Crippen LogP contribution in [-0.4, -0.2) is 19.6 Å². The second-order valence-corrected chi connectivity index (χ2v) is 6.36. The van der Waals surface area contributed by atoms with Gasteiger partial charge in [-0.1, -0.05) is 6.07 Å². The minimum absolute atomic E-state index is 0.837. The van der Waals surface area contributed by atoms with Crippen molar-refractivity contribution in [1.82, 2.24) is 19.6 Å². The number of hydrogen-bond acceptors (Lipinski definition) is 4. The number of aryl methyl sites for hydroxylation is 1. The highest BCUT2D eigenvalue weighted by atomic mass is 79.9. The van der Waals surface area contributed by atoms with Crippen molar-refractivity contribution in [1.29, 1.82) is 0 Å². The molecule has 0 aliphatic heterocycles. The highest BCUT2D eigenvalue weighted by molar-refractivity contribution is 9.10. The zero-order chi connectivity index (χ0) is 13.7. The molecule has 0 fully saturated rings. The van der Waals surface area contributed by atoms with Crippen molar-refractivity contribution in [2.45, 2.75) is 6.92 Å². The molecule has 0 aliphatic carbocycles. The normalized spacial score (nSPS) is 11.5. The third-order valence-corrected chi connectivity index (χ3v) is 5.09. The highest BCUT2D eigenvalue weighted by Gasteiger charge is 2.12. The van der Waals surface area contributed by atoms with Crippen molar-refractivity contribution >= 4 is 43.1 Å². The van der Waals surface area contributed by atoms with Crippen LogP contribution in [0, 0.1) is 6.92 Å². The molecule has 1 aromatic carbocycles. The van der Waals surface area contributed by atoms with E-state index in [0.29, 0.717) is 0 Å². The zero-order valence-electron chi connectivity index (χ0n) is 10.5. The Balaban J connectivity index is 1.94. The average molecular weight is 345 g/mol. The number of nitrogens with zero attached hydrogens (tertiary/aromatic N) is 4. The smallest absolute Gasteiger partial charge is 0.154 e. The van der Waals surface area contributed by atoms with Gasteiger partial charge in [0.1, 0.15) is 10.7 Å². The van der Waals surface area contributed by atoms with Crippen molar-refractivity contribution in [3.63, 3.8) is 0 Å². The number of hydrogen-bond donors (Lipinski definition) is 0. The fraction of sp³-hybridized carbons (Fsp3) is 0.0714. The van der Waals surface area contributed by atoms with Crippen LogP contribution in [0.4, 0.5) is 0 Å². The molecular weight excluding hydrogens is 336 g/mol. The van der Waals surface area contributed by atoms with Crippen molar-refractivity contribution in [3.8, 4) is 10.7 Å². The Morgan fingerprint density at radius 3 is 2.90 bits per heavy atom. The molecule has 0 bridgehead atoms. The van der Waals surface area contributed by atoms with Crippen LogP contribution in [0.3, 0.4) is 0 Å². The van der Waals surface area contributed by atoms with Gasteiger partial charge in [-0.05, 0) is 47.1 Å². The largest absolute Gasteiger partial charge is 0.234 e. The third-order valence-electron chi connectivity index (χ3n) is 3.04. The molecule has 0 N–H and O–H groups in total. The van der Waals surface area contributed by atoms with E-state index in [9.17, 15) is 0 Å². The molecule has 4 aromatic rings. The molecule has 0 radical (unpaired) electrons. The lowest BCUT2D eigenvalue weighted by atomic mass is 10.3. The lowest BCUT2D eigenvalue weighted by Crippen LogP contribution is -1.91. The van der Waals surface area contributed by atoms with Crippen LogP contribution in [0.5, 0.6) is 0 Å². The summed E-state index contributed by atoms with van der Waals surface area (Å²) in [5.41, 5.74) is 3.65. The first-order valence-corrected chi connectivity index (χ1v) is 7.70. The molecule has 4 nitrogen and oxygen atoms in total. The van der Waals surface area contributed by atoms with E-state index in [-0.39, 0.29) is 0 Å². The van der Waals surface area contributed by atoms with Crippen LogP contribution >= 0.6 is 27.3 Å². The van der Waals surface area contributed by atoms with Gasteiger partial charge in [0.2, 0.25) is 0 Å². The fourth-order valence-electron chi connectivity index (χ4n) is 2.11. The lowest BCUT2D eigenvalue weighted by Gasteiger charge is -1.91. The van der Waals surface area contributed by atoms with Crippen molar-refractivity contribution in [2.24, 2.45) is 0 Å². The summed E-state index contributed by atoms with van der Waals surface area (Å²) in [5, 5.41) is 5.33. The lowest BCUT2D eigenvalue weighted by molar-refractivity contribution is 0.901. The summed E-state index contributed by atoms with van der Waals surface area (Å²) in [7, 11) is 0. The second-order valence-electron chi connectivity index (χ2n) is 4.51. The van der Waals surface area contributed by atoms with Crippen LogP contribution in [-0.2, 0) is 0 Å².